The van der Waals surface area contributed by atoms with Gasteiger partial charge in [0.1, 0.15) is 5.75 Å². The SMILES string of the molecule is CC(C)[Si](Oc1ccccc1)(C(C)C)C(C)(C)C. The third kappa shape index (κ3) is 2.80. The van der Waals surface area contributed by atoms with E-state index in [4.69, 9.17) is 4.43 Å². The highest BCUT2D eigenvalue weighted by Gasteiger charge is 2.53. The molecule has 1 aromatic carbocycles. The predicted octanol–water partition coefficient (Wildman–Crippen LogP) is 5.63. The maximum atomic E-state index is 6.63. The Morgan fingerprint density at radius 3 is 1.67 bits per heavy atom. The van der Waals surface area contributed by atoms with E-state index in [-0.39, 0.29) is 5.04 Å². The number of rotatable bonds is 4. The van der Waals surface area contributed by atoms with Crippen molar-refractivity contribution in [2.45, 2.75) is 64.6 Å². The fourth-order valence-corrected chi connectivity index (χ4v) is 9.57. The zero-order valence-electron chi connectivity index (χ0n) is 12.9. The molecule has 0 aliphatic rings. The molecule has 0 fully saturated rings. The lowest BCUT2D eigenvalue weighted by molar-refractivity contribution is 0.440. The Morgan fingerprint density at radius 1 is 0.889 bits per heavy atom. The van der Waals surface area contributed by atoms with E-state index in [0.717, 1.165) is 5.75 Å². The van der Waals surface area contributed by atoms with Crippen LogP contribution in [0.2, 0.25) is 16.1 Å². The van der Waals surface area contributed by atoms with Crippen molar-refractivity contribution in [3.63, 3.8) is 0 Å². The molecule has 0 amide bonds. The minimum absolute atomic E-state index is 0.227. The first kappa shape index (κ1) is 15.3. The van der Waals surface area contributed by atoms with Gasteiger partial charge in [-0.1, -0.05) is 66.7 Å². The number of hydrogen-bond donors (Lipinski definition) is 0. The fourth-order valence-electron chi connectivity index (χ4n) is 3.47. The summed E-state index contributed by atoms with van der Waals surface area (Å²) in [5, 5.41) is 0.227. The largest absolute Gasteiger partial charge is 0.542 e. The minimum atomic E-state index is -1.89. The summed E-state index contributed by atoms with van der Waals surface area (Å²) in [6.07, 6.45) is 0. The van der Waals surface area contributed by atoms with Crippen LogP contribution in [0, 0.1) is 0 Å². The van der Waals surface area contributed by atoms with Gasteiger partial charge in [0.05, 0.1) is 0 Å². The van der Waals surface area contributed by atoms with Crippen LogP contribution in [0.25, 0.3) is 0 Å². The van der Waals surface area contributed by atoms with Gasteiger partial charge in [-0.2, -0.15) is 0 Å². The van der Waals surface area contributed by atoms with Gasteiger partial charge in [0.25, 0.3) is 8.32 Å². The molecule has 0 heterocycles. The molecule has 18 heavy (non-hydrogen) atoms. The molecule has 1 nitrogen and oxygen atoms in total. The van der Waals surface area contributed by atoms with Crippen LogP contribution in [-0.4, -0.2) is 8.32 Å². The predicted molar refractivity (Wildman–Crippen MR) is 82.7 cm³/mol. The Balaban J connectivity index is 3.20. The van der Waals surface area contributed by atoms with Gasteiger partial charge < -0.3 is 4.43 Å². The molecular formula is C16H28OSi. The lowest BCUT2D eigenvalue weighted by atomic mass is 10.2. The van der Waals surface area contributed by atoms with E-state index >= 15 is 0 Å². The molecule has 0 bridgehead atoms. The molecule has 0 saturated heterocycles. The van der Waals surface area contributed by atoms with Crippen LogP contribution in [0.3, 0.4) is 0 Å². The summed E-state index contributed by atoms with van der Waals surface area (Å²) in [7, 11) is -1.89. The van der Waals surface area contributed by atoms with Gasteiger partial charge in [0, 0.05) is 0 Å². The van der Waals surface area contributed by atoms with Crippen LogP contribution in [0.5, 0.6) is 5.75 Å². The zero-order chi connectivity index (χ0) is 14.0. The van der Waals surface area contributed by atoms with Crippen LogP contribution >= 0.6 is 0 Å². The first-order valence-electron chi connectivity index (χ1n) is 6.96. The Bertz CT molecular complexity index is 354. The topological polar surface area (TPSA) is 9.23 Å². The van der Waals surface area contributed by atoms with Crippen molar-refractivity contribution in [1.82, 2.24) is 0 Å². The normalized spacial score (nSPS) is 13.2. The highest BCUT2D eigenvalue weighted by atomic mass is 28.4. The molecule has 102 valence electrons. The van der Waals surface area contributed by atoms with Crippen molar-refractivity contribution in [3.8, 4) is 5.75 Å². The van der Waals surface area contributed by atoms with Crippen molar-refractivity contribution in [2.75, 3.05) is 0 Å². The van der Waals surface area contributed by atoms with Crippen molar-refractivity contribution in [2.24, 2.45) is 0 Å². The highest BCUT2D eigenvalue weighted by molar-refractivity contribution is 6.79. The first-order valence-corrected chi connectivity index (χ1v) is 9.02. The van der Waals surface area contributed by atoms with Gasteiger partial charge >= 0.3 is 0 Å². The molecule has 0 unspecified atom stereocenters. The average molecular weight is 264 g/mol. The van der Waals surface area contributed by atoms with Gasteiger partial charge in [-0.05, 0) is 28.3 Å². The lowest BCUT2D eigenvalue weighted by Crippen LogP contribution is -2.55. The molecule has 0 spiro atoms. The van der Waals surface area contributed by atoms with E-state index in [9.17, 15) is 0 Å². The van der Waals surface area contributed by atoms with Gasteiger partial charge in [-0.3, -0.25) is 0 Å². The molecule has 2 heteroatoms. The van der Waals surface area contributed by atoms with Crippen molar-refractivity contribution in [1.29, 1.82) is 0 Å². The highest BCUT2D eigenvalue weighted by Crippen LogP contribution is 2.50. The van der Waals surface area contributed by atoms with Crippen molar-refractivity contribution < 1.29 is 4.43 Å². The second kappa shape index (κ2) is 5.48. The summed E-state index contributed by atoms with van der Waals surface area (Å²) in [4.78, 5) is 0. The van der Waals surface area contributed by atoms with Gasteiger partial charge in [0.15, 0.2) is 0 Å². The van der Waals surface area contributed by atoms with E-state index < -0.39 is 8.32 Å². The van der Waals surface area contributed by atoms with Gasteiger partial charge in [-0.25, -0.2) is 0 Å². The third-order valence-corrected chi connectivity index (χ3v) is 10.3. The van der Waals surface area contributed by atoms with Crippen LogP contribution in [-0.2, 0) is 0 Å². The number of para-hydroxylation sites is 1. The van der Waals surface area contributed by atoms with Crippen LogP contribution in [0.4, 0.5) is 0 Å². The molecule has 0 radical (unpaired) electrons. The quantitative estimate of drug-likeness (QED) is 0.640. The molecule has 0 aliphatic carbocycles. The Kier molecular flexibility index (Phi) is 4.65. The molecule has 0 aromatic heterocycles. The Morgan fingerprint density at radius 2 is 1.33 bits per heavy atom. The van der Waals surface area contributed by atoms with E-state index in [0.29, 0.717) is 11.1 Å². The monoisotopic (exact) mass is 264 g/mol. The Labute approximate surface area is 114 Å². The van der Waals surface area contributed by atoms with Gasteiger partial charge in [0.2, 0.25) is 0 Å². The van der Waals surface area contributed by atoms with Crippen LogP contribution < -0.4 is 4.43 Å². The van der Waals surface area contributed by atoms with Crippen molar-refractivity contribution in [3.05, 3.63) is 30.3 Å². The molecule has 0 saturated carbocycles. The summed E-state index contributed by atoms with van der Waals surface area (Å²) in [5.41, 5.74) is 1.19. The third-order valence-electron chi connectivity index (χ3n) is 3.92. The van der Waals surface area contributed by atoms with E-state index in [2.05, 4.69) is 72.7 Å². The zero-order valence-corrected chi connectivity index (χ0v) is 13.9. The summed E-state index contributed by atoms with van der Waals surface area (Å²) < 4.78 is 6.63. The maximum absolute atomic E-state index is 6.63. The summed E-state index contributed by atoms with van der Waals surface area (Å²) in [5.74, 6) is 1.03. The van der Waals surface area contributed by atoms with Crippen molar-refractivity contribution >= 4 is 8.32 Å². The minimum Gasteiger partial charge on any atom is -0.542 e. The molecule has 0 N–H and O–H groups in total. The van der Waals surface area contributed by atoms with Crippen LogP contribution in [0.15, 0.2) is 30.3 Å². The molecule has 0 atom stereocenters. The van der Waals surface area contributed by atoms with Gasteiger partial charge in [-0.15, -0.1) is 0 Å². The number of benzene rings is 1. The summed E-state index contributed by atoms with van der Waals surface area (Å²) >= 11 is 0. The smallest absolute Gasteiger partial charge is 0.261 e. The molecule has 0 aliphatic heterocycles. The summed E-state index contributed by atoms with van der Waals surface area (Å²) in [6, 6.07) is 10.3. The molecule has 1 aromatic rings. The molecular weight excluding hydrogens is 236 g/mol. The van der Waals surface area contributed by atoms with Crippen LogP contribution in [0.1, 0.15) is 48.5 Å². The lowest BCUT2D eigenvalue weighted by Gasteiger charge is -2.48. The maximum Gasteiger partial charge on any atom is 0.261 e. The number of hydrogen-bond acceptors (Lipinski definition) is 1. The van der Waals surface area contributed by atoms with E-state index in [1.165, 1.54) is 0 Å². The standard InChI is InChI=1S/C16H28OSi/c1-13(2)18(14(3)4,16(5,6)7)17-15-11-9-8-10-12-15/h8-14H,1-7H3. The second-order valence-electron chi connectivity index (χ2n) is 6.77. The van der Waals surface area contributed by atoms with E-state index in [1.807, 2.05) is 6.07 Å². The molecule has 1 rings (SSSR count). The first-order chi connectivity index (χ1) is 8.22. The second-order valence-corrected chi connectivity index (χ2v) is 12.4. The summed E-state index contributed by atoms with van der Waals surface area (Å²) in [6.45, 7) is 16.3. The average Bonchev–Trinajstić information content (AvgIpc) is 2.24. The van der Waals surface area contributed by atoms with E-state index in [1.54, 1.807) is 0 Å². The Hall–Kier alpha value is -0.763. The fraction of sp³-hybridized carbons (Fsp3) is 0.625.